The molecule has 0 saturated carbocycles. The van der Waals surface area contributed by atoms with Crippen molar-refractivity contribution >= 4 is 11.7 Å². The van der Waals surface area contributed by atoms with Crippen LogP contribution in [0.4, 0.5) is 5.82 Å². The highest BCUT2D eigenvalue weighted by Crippen LogP contribution is 2.31. The van der Waals surface area contributed by atoms with Crippen LogP contribution in [0.25, 0.3) is 0 Å². The Morgan fingerprint density at radius 2 is 1.74 bits per heavy atom. The first-order valence-corrected chi connectivity index (χ1v) is 10.0. The van der Waals surface area contributed by atoms with E-state index in [0.717, 1.165) is 45.1 Å². The third-order valence-electron chi connectivity index (χ3n) is 5.77. The van der Waals surface area contributed by atoms with E-state index in [1.807, 2.05) is 29.3 Å². The van der Waals surface area contributed by atoms with Gasteiger partial charge in [0.15, 0.2) is 0 Å². The summed E-state index contributed by atoms with van der Waals surface area (Å²) < 4.78 is 0. The lowest BCUT2D eigenvalue weighted by atomic mass is 10.0. The zero-order valence-electron chi connectivity index (χ0n) is 15.8. The van der Waals surface area contributed by atoms with E-state index in [9.17, 15) is 4.79 Å². The highest BCUT2D eigenvalue weighted by atomic mass is 16.2. The molecule has 27 heavy (non-hydrogen) atoms. The summed E-state index contributed by atoms with van der Waals surface area (Å²) in [4.78, 5) is 23.9. The number of anilines is 1. The number of carbonyl (C=O) groups excluding carboxylic acids is 1. The van der Waals surface area contributed by atoms with Crippen molar-refractivity contribution in [3.8, 4) is 0 Å². The van der Waals surface area contributed by atoms with Gasteiger partial charge in [0, 0.05) is 51.4 Å². The van der Waals surface area contributed by atoms with E-state index in [1.165, 1.54) is 18.4 Å². The van der Waals surface area contributed by atoms with Gasteiger partial charge in [-0.15, -0.1) is 0 Å². The smallest absolute Gasteiger partial charge is 0.223 e. The SMILES string of the molecule is O=C(CCN1CCCC1c1ccccc1)N1CCN(c2ccccn2)CC1. The molecular formula is C22H28N4O. The maximum Gasteiger partial charge on any atom is 0.223 e. The third kappa shape index (κ3) is 4.30. The standard InChI is InChI=1S/C22H28N4O/c27-22(26-17-15-25(16-18-26)21-10-4-5-12-23-21)11-14-24-13-6-9-20(24)19-7-2-1-3-8-19/h1-5,7-8,10,12,20H,6,9,11,13-18H2. The molecule has 0 N–H and O–H groups in total. The first-order chi connectivity index (χ1) is 13.3. The van der Waals surface area contributed by atoms with E-state index < -0.39 is 0 Å². The average Bonchev–Trinajstić information content (AvgIpc) is 3.22. The minimum Gasteiger partial charge on any atom is -0.353 e. The fraction of sp³-hybridized carbons (Fsp3) is 0.455. The maximum absolute atomic E-state index is 12.7. The summed E-state index contributed by atoms with van der Waals surface area (Å²) in [6.07, 6.45) is 4.86. The Morgan fingerprint density at radius 1 is 0.963 bits per heavy atom. The molecule has 2 aliphatic heterocycles. The molecule has 0 spiro atoms. The lowest BCUT2D eigenvalue weighted by Crippen LogP contribution is -2.49. The van der Waals surface area contributed by atoms with Gasteiger partial charge in [0.2, 0.25) is 5.91 Å². The molecule has 0 aliphatic carbocycles. The minimum absolute atomic E-state index is 0.286. The van der Waals surface area contributed by atoms with E-state index in [-0.39, 0.29) is 5.91 Å². The van der Waals surface area contributed by atoms with Crippen LogP contribution >= 0.6 is 0 Å². The molecule has 2 saturated heterocycles. The van der Waals surface area contributed by atoms with Crippen LogP contribution in [-0.2, 0) is 4.79 Å². The molecule has 0 bridgehead atoms. The summed E-state index contributed by atoms with van der Waals surface area (Å²) in [5.41, 5.74) is 1.38. The Morgan fingerprint density at radius 3 is 2.48 bits per heavy atom. The zero-order chi connectivity index (χ0) is 18.5. The van der Waals surface area contributed by atoms with Crippen LogP contribution in [0.1, 0.15) is 30.9 Å². The molecule has 142 valence electrons. The molecule has 2 aromatic rings. The number of amides is 1. The van der Waals surface area contributed by atoms with E-state index >= 15 is 0 Å². The van der Waals surface area contributed by atoms with Crippen LogP contribution in [0, 0.1) is 0 Å². The number of carbonyl (C=O) groups is 1. The van der Waals surface area contributed by atoms with Crippen LogP contribution in [0.15, 0.2) is 54.7 Å². The third-order valence-corrected chi connectivity index (χ3v) is 5.77. The molecular weight excluding hydrogens is 336 g/mol. The van der Waals surface area contributed by atoms with Crippen molar-refractivity contribution in [2.45, 2.75) is 25.3 Å². The number of pyridine rings is 1. The summed E-state index contributed by atoms with van der Waals surface area (Å²) >= 11 is 0. The van der Waals surface area contributed by atoms with Gasteiger partial charge in [-0.25, -0.2) is 4.98 Å². The summed E-state index contributed by atoms with van der Waals surface area (Å²) in [5.74, 6) is 1.29. The lowest BCUT2D eigenvalue weighted by molar-refractivity contribution is -0.131. The van der Waals surface area contributed by atoms with Crippen LogP contribution in [0.2, 0.25) is 0 Å². The molecule has 1 atom stereocenters. The van der Waals surface area contributed by atoms with E-state index in [4.69, 9.17) is 0 Å². The van der Waals surface area contributed by atoms with Gasteiger partial charge in [0.1, 0.15) is 5.82 Å². The summed E-state index contributed by atoms with van der Waals surface area (Å²) in [6, 6.07) is 17.2. The van der Waals surface area contributed by atoms with E-state index in [1.54, 1.807) is 0 Å². The highest BCUT2D eigenvalue weighted by Gasteiger charge is 2.27. The normalized spacial score (nSPS) is 20.8. The van der Waals surface area contributed by atoms with Crippen LogP contribution in [-0.4, -0.2) is 60.0 Å². The molecule has 4 rings (SSSR count). The van der Waals surface area contributed by atoms with Crippen molar-refractivity contribution in [1.29, 1.82) is 0 Å². The maximum atomic E-state index is 12.7. The Balaban J connectivity index is 1.26. The van der Waals surface area contributed by atoms with Crippen molar-refractivity contribution in [2.75, 3.05) is 44.2 Å². The molecule has 1 unspecified atom stereocenters. The number of hydrogen-bond donors (Lipinski definition) is 0. The van der Waals surface area contributed by atoms with Gasteiger partial charge in [-0.05, 0) is 37.1 Å². The number of piperazine rings is 1. The lowest BCUT2D eigenvalue weighted by Gasteiger charge is -2.36. The number of benzene rings is 1. The van der Waals surface area contributed by atoms with Gasteiger partial charge < -0.3 is 9.80 Å². The second-order valence-corrected chi connectivity index (χ2v) is 7.41. The Kier molecular flexibility index (Phi) is 5.68. The molecule has 5 nitrogen and oxygen atoms in total. The number of hydrogen-bond acceptors (Lipinski definition) is 4. The van der Waals surface area contributed by atoms with Crippen molar-refractivity contribution in [2.24, 2.45) is 0 Å². The summed E-state index contributed by atoms with van der Waals surface area (Å²) in [5, 5.41) is 0. The molecule has 1 amide bonds. The first-order valence-electron chi connectivity index (χ1n) is 10.0. The molecule has 1 aromatic carbocycles. The van der Waals surface area contributed by atoms with E-state index in [0.29, 0.717) is 12.5 Å². The predicted octanol–water partition coefficient (Wildman–Crippen LogP) is 2.96. The molecule has 3 heterocycles. The second-order valence-electron chi connectivity index (χ2n) is 7.41. The first kappa shape index (κ1) is 18.0. The largest absolute Gasteiger partial charge is 0.353 e. The predicted molar refractivity (Wildman–Crippen MR) is 108 cm³/mol. The van der Waals surface area contributed by atoms with Crippen LogP contribution in [0.3, 0.4) is 0 Å². The van der Waals surface area contributed by atoms with Crippen molar-refractivity contribution in [3.05, 3.63) is 60.3 Å². The van der Waals surface area contributed by atoms with Crippen LogP contribution in [0.5, 0.6) is 0 Å². The van der Waals surface area contributed by atoms with Gasteiger partial charge in [-0.1, -0.05) is 36.4 Å². The average molecular weight is 364 g/mol. The van der Waals surface area contributed by atoms with Crippen molar-refractivity contribution < 1.29 is 4.79 Å². The fourth-order valence-electron chi connectivity index (χ4n) is 4.27. The minimum atomic E-state index is 0.286. The highest BCUT2D eigenvalue weighted by molar-refractivity contribution is 5.76. The van der Waals surface area contributed by atoms with Gasteiger partial charge >= 0.3 is 0 Å². The number of nitrogens with zero attached hydrogens (tertiary/aromatic N) is 4. The van der Waals surface area contributed by atoms with Gasteiger partial charge in [0.25, 0.3) is 0 Å². The number of likely N-dealkylation sites (tertiary alicyclic amines) is 1. The number of aromatic nitrogens is 1. The van der Waals surface area contributed by atoms with Crippen LogP contribution < -0.4 is 4.90 Å². The summed E-state index contributed by atoms with van der Waals surface area (Å²) in [6.45, 7) is 5.26. The monoisotopic (exact) mass is 364 g/mol. The Hall–Kier alpha value is -2.40. The Labute approximate surface area is 161 Å². The molecule has 1 aromatic heterocycles. The molecule has 5 heteroatoms. The molecule has 2 aliphatic rings. The second kappa shape index (κ2) is 8.53. The summed E-state index contributed by atoms with van der Waals surface area (Å²) in [7, 11) is 0. The molecule has 2 fully saturated rings. The van der Waals surface area contributed by atoms with Crippen molar-refractivity contribution in [1.82, 2.24) is 14.8 Å². The van der Waals surface area contributed by atoms with Gasteiger partial charge in [-0.2, -0.15) is 0 Å². The Bertz CT molecular complexity index is 728. The van der Waals surface area contributed by atoms with Gasteiger partial charge in [-0.3, -0.25) is 9.69 Å². The van der Waals surface area contributed by atoms with E-state index in [2.05, 4.69) is 45.1 Å². The van der Waals surface area contributed by atoms with Gasteiger partial charge in [0.05, 0.1) is 0 Å². The zero-order valence-corrected chi connectivity index (χ0v) is 15.8. The quantitative estimate of drug-likeness (QED) is 0.818. The van der Waals surface area contributed by atoms with Crippen molar-refractivity contribution in [3.63, 3.8) is 0 Å². The topological polar surface area (TPSA) is 39.7 Å². The molecule has 0 radical (unpaired) electrons. The fourth-order valence-corrected chi connectivity index (χ4v) is 4.27. The number of rotatable bonds is 5.